The second-order valence-corrected chi connectivity index (χ2v) is 13.2. The van der Waals surface area contributed by atoms with E-state index >= 15 is 0 Å². The number of nitrogens with zero attached hydrogens (tertiary/aromatic N) is 1. The first-order valence-corrected chi connectivity index (χ1v) is 13.3. The molecular weight excluding hydrogens is 418 g/mol. The van der Waals surface area contributed by atoms with Crippen molar-refractivity contribution < 1.29 is 13.2 Å². The van der Waals surface area contributed by atoms with E-state index in [0.29, 0.717) is 0 Å². The zero-order valence-corrected chi connectivity index (χ0v) is 21.6. The van der Waals surface area contributed by atoms with Gasteiger partial charge in [0.05, 0.1) is 22.7 Å². The molecule has 5 heteroatoms. The Morgan fingerprint density at radius 2 is 1.47 bits per heavy atom. The van der Waals surface area contributed by atoms with Gasteiger partial charge in [-0.1, -0.05) is 30.3 Å². The third-order valence-electron chi connectivity index (χ3n) is 6.41. The van der Waals surface area contributed by atoms with E-state index in [1.807, 2.05) is 12.1 Å². The molecule has 1 aliphatic heterocycles. The lowest BCUT2D eigenvalue weighted by molar-refractivity contribution is -0.00525. The Morgan fingerprint density at radius 3 is 2.03 bits per heavy atom. The predicted molar refractivity (Wildman–Crippen MR) is 134 cm³/mol. The van der Waals surface area contributed by atoms with Crippen molar-refractivity contribution in [2.45, 2.75) is 84.0 Å². The summed E-state index contributed by atoms with van der Waals surface area (Å²) in [4.78, 5) is 2.45. The van der Waals surface area contributed by atoms with Gasteiger partial charge in [0.2, 0.25) is 0 Å². The number of ether oxygens (including phenoxy) is 1. The van der Waals surface area contributed by atoms with Gasteiger partial charge in [0, 0.05) is 18.8 Å². The lowest BCUT2D eigenvalue weighted by Crippen LogP contribution is -2.45. The van der Waals surface area contributed by atoms with E-state index in [9.17, 15) is 8.42 Å². The van der Waals surface area contributed by atoms with Crippen LogP contribution in [0, 0.1) is 13.8 Å². The average Bonchev–Trinajstić information content (AvgIpc) is 2.67. The Bertz CT molecular complexity index is 1030. The molecule has 1 aliphatic rings. The van der Waals surface area contributed by atoms with Crippen molar-refractivity contribution in [2.75, 3.05) is 18.0 Å². The van der Waals surface area contributed by atoms with Gasteiger partial charge < -0.3 is 9.64 Å². The number of benzene rings is 2. The highest BCUT2D eigenvalue weighted by Crippen LogP contribution is 2.28. The van der Waals surface area contributed by atoms with Crippen molar-refractivity contribution in [3.05, 3.63) is 64.2 Å². The number of anilines is 1. The molecule has 0 aliphatic carbocycles. The van der Waals surface area contributed by atoms with Crippen LogP contribution in [0.5, 0.6) is 0 Å². The fraction of sp³-hybridized carbons (Fsp3) is 0.556. The van der Waals surface area contributed by atoms with Crippen LogP contribution in [0.25, 0.3) is 0 Å². The Hall–Kier alpha value is -1.85. The molecule has 1 heterocycles. The van der Waals surface area contributed by atoms with Gasteiger partial charge in [0.15, 0.2) is 9.84 Å². The van der Waals surface area contributed by atoms with E-state index in [1.54, 1.807) is 20.8 Å². The number of rotatable bonds is 6. The predicted octanol–water partition coefficient (Wildman–Crippen LogP) is 5.42. The SMILES string of the molecule is Cc1cc(N2C[C@@H](C)O[C@@H](C)C2)c(C)cc1CCc1ccc(CS(=O)(=O)C(C)(C)C)cc1. The van der Waals surface area contributed by atoms with E-state index in [0.717, 1.165) is 31.5 Å². The van der Waals surface area contributed by atoms with Crippen LogP contribution in [-0.2, 0) is 33.2 Å². The highest BCUT2D eigenvalue weighted by Gasteiger charge is 2.29. The first kappa shape index (κ1) is 24.8. The van der Waals surface area contributed by atoms with E-state index in [1.165, 1.54) is 27.9 Å². The number of sulfone groups is 1. The van der Waals surface area contributed by atoms with Crippen LogP contribution in [0.3, 0.4) is 0 Å². The molecule has 1 fully saturated rings. The topological polar surface area (TPSA) is 46.6 Å². The molecule has 0 aromatic heterocycles. The standard InChI is InChI=1S/C27H39NO3S/c1-19-15-26(28-16-21(3)31-22(4)17-28)20(2)14-25(19)13-12-23-8-10-24(11-9-23)18-32(29,30)27(5,6)7/h8-11,14-15,21-22H,12-13,16-18H2,1-7H3/t21-,22+. The van der Waals surface area contributed by atoms with Crippen LogP contribution in [-0.4, -0.2) is 38.5 Å². The molecule has 4 nitrogen and oxygen atoms in total. The van der Waals surface area contributed by atoms with Crippen molar-refractivity contribution in [2.24, 2.45) is 0 Å². The Morgan fingerprint density at radius 1 is 0.906 bits per heavy atom. The molecule has 0 amide bonds. The number of aryl methyl sites for hydroxylation is 4. The molecule has 2 aromatic carbocycles. The van der Waals surface area contributed by atoms with Crippen molar-refractivity contribution in [1.82, 2.24) is 0 Å². The molecule has 0 bridgehead atoms. The minimum atomic E-state index is -3.16. The summed E-state index contributed by atoms with van der Waals surface area (Å²) in [5.41, 5.74) is 7.42. The Labute approximate surface area is 194 Å². The summed E-state index contributed by atoms with van der Waals surface area (Å²) < 4.78 is 30.1. The molecule has 0 unspecified atom stereocenters. The third-order valence-corrected chi connectivity index (χ3v) is 8.99. The molecule has 176 valence electrons. The molecule has 3 rings (SSSR count). The molecule has 0 saturated carbocycles. The first-order chi connectivity index (χ1) is 14.9. The lowest BCUT2D eigenvalue weighted by atomic mass is 9.96. The average molecular weight is 458 g/mol. The highest BCUT2D eigenvalue weighted by molar-refractivity contribution is 7.91. The smallest absolute Gasteiger partial charge is 0.159 e. The largest absolute Gasteiger partial charge is 0.372 e. The van der Waals surface area contributed by atoms with Gasteiger partial charge in [-0.3, -0.25) is 0 Å². The summed E-state index contributed by atoms with van der Waals surface area (Å²) in [7, 11) is -3.16. The maximum atomic E-state index is 12.5. The lowest BCUT2D eigenvalue weighted by Gasteiger charge is -2.38. The summed E-state index contributed by atoms with van der Waals surface area (Å²) in [5.74, 6) is 0.0926. The maximum Gasteiger partial charge on any atom is 0.159 e. The highest BCUT2D eigenvalue weighted by atomic mass is 32.2. The fourth-order valence-corrected chi connectivity index (χ4v) is 5.43. The number of hydrogen-bond acceptors (Lipinski definition) is 4. The summed E-state index contributed by atoms with van der Waals surface area (Å²) in [6.45, 7) is 15.8. The summed E-state index contributed by atoms with van der Waals surface area (Å²) in [5, 5.41) is 0. The molecule has 32 heavy (non-hydrogen) atoms. The van der Waals surface area contributed by atoms with Crippen LogP contribution in [0.4, 0.5) is 5.69 Å². The van der Waals surface area contributed by atoms with Crippen molar-refractivity contribution in [3.8, 4) is 0 Å². The van der Waals surface area contributed by atoms with Crippen LogP contribution in [0.15, 0.2) is 36.4 Å². The van der Waals surface area contributed by atoms with Crippen LogP contribution >= 0.6 is 0 Å². The van der Waals surface area contributed by atoms with Crippen LogP contribution in [0.2, 0.25) is 0 Å². The fourth-order valence-electron chi connectivity index (χ4n) is 4.36. The first-order valence-electron chi connectivity index (χ1n) is 11.7. The molecule has 0 N–H and O–H groups in total. The maximum absolute atomic E-state index is 12.5. The number of morpholine rings is 1. The minimum Gasteiger partial charge on any atom is -0.372 e. The van der Waals surface area contributed by atoms with Gasteiger partial charge in [0.1, 0.15) is 0 Å². The quantitative estimate of drug-likeness (QED) is 0.581. The van der Waals surface area contributed by atoms with Gasteiger partial charge in [-0.15, -0.1) is 0 Å². The Balaban J connectivity index is 1.66. The van der Waals surface area contributed by atoms with E-state index < -0.39 is 14.6 Å². The number of hydrogen-bond donors (Lipinski definition) is 0. The van der Waals surface area contributed by atoms with Crippen LogP contribution in [0.1, 0.15) is 62.4 Å². The van der Waals surface area contributed by atoms with E-state index in [-0.39, 0.29) is 18.0 Å². The Kier molecular flexibility index (Phi) is 7.41. The van der Waals surface area contributed by atoms with E-state index in [2.05, 4.69) is 56.9 Å². The summed E-state index contributed by atoms with van der Waals surface area (Å²) >= 11 is 0. The zero-order valence-electron chi connectivity index (χ0n) is 20.7. The minimum absolute atomic E-state index is 0.0926. The van der Waals surface area contributed by atoms with E-state index in [4.69, 9.17) is 4.74 Å². The molecular formula is C27H39NO3S. The summed E-state index contributed by atoms with van der Waals surface area (Å²) in [6, 6.07) is 12.7. The van der Waals surface area contributed by atoms with Crippen molar-refractivity contribution in [1.29, 1.82) is 0 Å². The monoisotopic (exact) mass is 457 g/mol. The second kappa shape index (κ2) is 9.56. The van der Waals surface area contributed by atoms with Crippen molar-refractivity contribution in [3.63, 3.8) is 0 Å². The molecule has 2 atom stereocenters. The van der Waals surface area contributed by atoms with Gasteiger partial charge in [-0.2, -0.15) is 0 Å². The molecule has 0 radical (unpaired) electrons. The second-order valence-electron chi connectivity index (χ2n) is 10.4. The molecule has 0 spiro atoms. The van der Waals surface area contributed by atoms with Gasteiger partial charge in [0.25, 0.3) is 0 Å². The summed E-state index contributed by atoms with van der Waals surface area (Å²) in [6.07, 6.45) is 2.42. The zero-order chi connectivity index (χ0) is 23.7. The third kappa shape index (κ3) is 5.93. The van der Waals surface area contributed by atoms with Gasteiger partial charge in [-0.05, 0) is 95.2 Å². The molecule has 1 saturated heterocycles. The van der Waals surface area contributed by atoms with Gasteiger partial charge in [-0.25, -0.2) is 8.42 Å². The van der Waals surface area contributed by atoms with Crippen molar-refractivity contribution >= 4 is 15.5 Å². The van der Waals surface area contributed by atoms with Crippen LogP contribution < -0.4 is 4.90 Å². The van der Waals surface area contributed by atoms with Gasteiger partial charge >= 0.3 is 0 Å². The molecule has 2 aromatic rings. The normalized spacial score (nSPS) is 19.9.